The van der Waals surface area contributed by atoms with Gasteiger partial charge in [0.15, 0.2) is 12.5 Å². The van der Waals surface area contributed by atoms with E-state index in [4.69, 9.17) is 4.74 Å². The minimum absolute atomic E-state index is 0.0254. The molecule has 2 fully saturated rings. The second-order valence-corrected chi connectivity index (χ2v) is 8.76. The molecule has 8 heteroatoms. The molecule has 1 aromatic carbocycles. The molecular weight excluding hydrogens is 414 g/mol. The van der Waals surface area contributed by atoms with Crippen LogP contribution in [0.25, 0.3) is 0 Å². The first kappa shape index (κ1) is 22.6. The van der Waals surface area contributed by atoms with Crippen LogP contribution in [0.5, 0.6) is 5.75 Å². The molecule has 172 valence electrons. The maximum atomic E-state index is 14.4. The highest BCUT2D eigenvalue weighted by atomic mass is 19.1. The molecule has 1 aliphatic carbocycles. The molecule has 1 N–H and O–H groups in total. The van der Waals surface area contributed by atoms with Gasteiger partial charge >= 0.3 is 0 Å². The quantitative estimate of drug-likeness (QED) is 0.723. The molecule has 6 nitrogen and oxygen atoms in total. The Bertz CT molecular complexity index is 915. The third-order valence-electron chi connectivity index (χ3n) is 6.12. The number of allylic oxidation sites excluding steroid dienone is 1. The van der Waals surface area contributed by atoms with Crippen LogP contribution < -0.4 is 10.1 Å². The molecule has 1 aromatic rings. The van der Waals surface area contributed by atoms with Gasteiger partial charge in [-0.3, -0.25) is 14.7 Å². The number of hydrogen-bond acceptors (Lipinski definition) is 5. The normalized spacial score (nSPS) is 30.4. The number of likely N-dealkylation sites (tertiary alicyclic amines) is 1. The highest BCUT2D eigenvalue weighted by molar-refractivity contribution is 6.09. The molecule has 1 saturated carbocycles. The Labute approximate surface area is 187 Å². The van der Waals surface area contributed by atoms with Crippen LogP contribution in [0.2, 0.25) is 0 Å². The first-order valence-electron chi connectivity index (χ1n) is 11.2. The van der Waals surface area contributed by atoms with Crippen molar-refractivity contribution in [2.24, 2.45) is 9.98 Å². The lowest BCUT2D eigenvalue weighted by Crippen LogP contribution is -2.36. The molecule has 1 saturated heterocycles. The summed E-state index contributed by atoms with van der Waals surface area (Å²) in [6.45, 7) is 4.32. The first-order valence-corrected chi connectivity index (χ1v) is 11.2. The second kappa shape index (κ2) is 9.90. The Hall–Kier alpha value is -2.61. The van der Waals surface area contributed by atoms with Gasteiger partial charge in [-0.25, -0.2) is 13.8 Å². The van der Waals surface area contributed by atoms with Crippen molar-refractivity contribution in [3.8, 4) is 5.75 Å². The summed E-state index contributed by atoms with van der Waals surface area (Å²) < 4.78 is 34.0. The molecule has 0 radical (unpaired) electrons. The van der Waals surface area contributed by atoms with E-state index in [1.807, 2.05) is 42.2 Å². The minimum atomic E-state index is -1.33. The number of carbonyl (C=O) groups excluding carboxylic acids is 1. The number of alkyl halides is 2. The summed E-state index contributed by atoms with van der Waals surface area (Å²) in [6.07, 6.45) is 3.28. The van der Waals surface area contributed by atoms with Gasteiger partial charge in [-0.05, 0) is 50.0 Å². The van der Waals surface area contributed by atoms with E-state index < -0.39 is 18.6 Å². The predicted molar refractivity (Wildman–Crippen MR) is 121 cm³/mol. The SMILES string of the molecule is CC(=O)NC(C)c1ccc(OC2CCC(=CC3=NC(N4CCC(F)C4)N=CC3F)C2)cc1. The van der Waals surface area contributed by atoms with Crippen molar-refractivity contribution in [3.63, 3.8) is 0 Å². The van der Waals surface area contributed by atoms with Gasteiger partial charge in [0, 0.05) is 32.6 Å². The second-order valence-electron chi connectivity index (χ2n) is 8.76. The fourth-order valence-electron chi connectivity index (χ4n) is 4.41. The third kappa shape index (κ3) is 5.59. The van der Waals surface area contributed by atoms with Crippen LogP contribution in [0, 0.1) is 0 Å². The lowest BCUT2D eigenvalue weighted by atomic mass is 10.1. The van der Waals surface area contributed by atoms with Crippen molar-refractivity contribution >= 4 is 17.8 Å². The zero-order valence-corrected chi connectivity index (χ0v) is 18.5. The average Bonchev–Trinajstić information content (AvgIpc) is 3.38. The van der Waals surface area contributed by atoms with Gasteiger partial charge in [0.05, 0.1) is 11.8 Å². The molecule has 3 aliphatic rings. The summed E-state index contributed by atoms with van der Waals surface area (Å²) in [5.41, 5.74) is 2.47. The average molecular weight is 445 g/mol. The Balaban J connectivity index is 1.34. The van der Waals surface area contributed by atoms with Gasteiger partial charge in [-0.2, -0.15) is 0 Å². The fraction of sp³-hybridized carbons (Fsp3) is 0.542. The van der Waals surface area contributed by atoms with Crippen molar-refractivity contribution in [2.45, 2.75) is 70.3 Å². The molecule has 0 spiro atoms. The topological polar surface area (TPSA) is 66.3 Å². The van der Waals surface area contributed by atoms with Gasteiger partial charge < -0.3 is 10.1 Å². The molecule has 0 aromatic heterocycles. The maximum absolute atomic E-state index is 14.4. The van der Waals surface area contributed by atoms with Gasteiger partial charge in [-0.1, -0.05) is 17.7 Å². The Morgan fingerprint density at radius 1 is 1.28 bits per heavy atom. The van der Waals surface area contributed by atoms with Gasteiger partial charge in [0.25, 0.3) is 0 Å². The highest BCUT2D eigenvalue weighted by Crippen LogP contribution is 2.30. The van der Waals surface area contributed by atoms with Crippen molar-refractivity contribution in [1.82, 2.24) is 10.2 Å². The predicted octanol–water partition coefficient (Wildman–Crippen LogP) is 3.93. The molecule has 5 atom stereocenters. The largest absolute Gasteiger partial charge is 0.490 e. The summed E-state index contributed by atoms with van der Waals surface area (Å²) in [6, 6.07) is 7.66. The first-order chi connectivity index (χ1) is 15.4. The number of aliphatic imine (C=N–C) groups is 2. The van der Waals surface area contributed by atoms with E-state index in [2.05, 4.69) is 15.3 Å². The van der Waals surface area contributed by atoms with E-state index in [-0.39, 0.29) is 18.1 Å². The van der Waals surface area contributed by atoms with E-state index in [1.54, 1.807) is 0 Å². The van der Waals surface area contributed by atoms with E-state index in [1.165, 1.54) is 13.1 Å². The van der Waals surface area contributed by atoms with Crippen molar-refractivity contribution in [2.75, 3.05) is 13.1 Å². The standard InChI is InChI=1S/C24H30F2N4O2/c1-15(28-16(2)31)18-4-7-20(8-5-18)32-21-6-3-17(11-21)12-23-22(26)13-27-24(29-23)30-10-9-19(25)14-30/h4-5,7-8,12-13,15,19,21-22,24H,3,6,9-11,14H2,1-2H3,(H,28,31). The van der Waals surface area contributed by atoms with Gasteiger partial charge in [0.1, 0.15) is 18.0 Å². The number of nitrogens with zero attached hydrogens (tertiary/aromatic N) is 3. The number of carbonyl (C=O) groups is 1. The van der Waals surface area contributed by atoms with Crippen LogP contribution in [-0.2, 0) is 4.79 Å². The summed E-state index contributed by atoms with van der Waals surface area (Å²) in [7, 11) is 0. The smallest absolute Gasteiger partial charge is 0.217 e. The maximum Gasteiger partial charge on any atom is 0.217 e. The van der Waals surface area contributed by atoms with Crippen LogP contribution in [-0.4, -0.2) is 60.6 Å². The van der Waals surface area contributed by atoms with E-state index in [0.717, 1.165) is 29.7 Å². The van der Waals surface area contributed by atoms with Crippen LogP contribution in [0.1, 0.15) is 51.1 Å². The van der Waals surface area contributed by atoms with Crippen LogP contribution >= 0.6 is 0 Å². The Morgan fingerprint density at radius 2 is 2.06 bits per heavy atom. The van der Waals surface area contributed by atoms with Crippen LogP contribution in [0.15, 0.2) is 45.9 Å². The molecule has 4 rings (SSSR count). The number of hydrogen-bond donors (Lipinski definition) is 1. The summed E-state index contributed by atoms with van der Waals surface area (Å²) >= 11 is 0. The van der Waals surface area contributed by atoms with Crippen molar-refractivity contribution < 1.29 is 18.3 Å². The minimum Gasteiger partial charge on any atom is -0.490 e. The summed E-state index contributed by atoms with van der Waals surface area (Å²) in [5.74, 6) is 0.709. The molecule has 2 aliphatic heterocycles. The number of benzene rings is 1. The zero-order valence-electron chi connectivity index (χ0n) is 18.5. The van der Waals surface area contributed by atoms with Gasteiger partial charge in [0.2, 0.25) is 5.91 Å². The fourth-order valence-corrected chi connectivity index (χ4v) is 4.41. The van der Waals surface area contributed by atoms with E-state index >= 15 is 0 Å². The van der Waals surface area contributed by atoms with Crippen molar-refractivity contribution in [1.29, 1.82) is 0 Å². The highest BCUT2D eigenvalue weighted by Gasteiger charge is 2.31. The number of nitrogens with one attached hydrogen (secondary N) is 1. The molecular formula is C24H30F2N4O2. The number of amides is 1. The van der Waals surface area contributed by atoms with Crippen LogP contribution in [0.3, 0.4) is 0 Å². The molecule has 1 amide bonds. The third-order valence-corrected chi connectivity index (χ3v) is 6.12. The van der Waals surface area contributed by atoms with Crippen molar-refractivity contribution in [3.05, 3.63) is 41.5 Å². The molecule has 32 heavy (non-hydrogen) atoms. The number of halogens is 2. The van der Waals surface area contributed by atoms with E-state index in [9.17, 15) is 13.6 Å². The Kier molecular flexibility index (Phi) is 6.98. The Morgan fingerprint density at radius 3 is 2.75 bits per heavy atom. The number of ether oxygens (including phenoxy) is 1. The molecule has 0 bridgehead atoms. The molecule has 5 unspecified atom stereocenters. The zero-order chi connectivity index (χ0) is 22.7. The lowest BCUT2D eigenvalue weighted by molar-refractivity contribution is -0.119. The lowest BCUT2D eigenvalue weighted by Gasteiger charge is -2.24. The molecule has 2 heterocycles. The summed E-state index contributed by atoms with van der Waals surface area (Å²) in [4.78, 5) is 21.7. The summed E-state index contributed by atoms with van der Waals surface area (Å²) in [5, 5.41) is 2.86. The monoisotopic (exact) mass is 444 g/mol. The number of rotatable bonds is 6. The van der Waals surface area contributed by atoms with Crippen LogP contribution in [0.4, 0.5) is 8.78 Å². The van der Waals surface area contributed by atoms with E-state index in [0.29, 0.717) is 31.6 Å². The van der Waals surface area contributed by atoms with Gasteiger partial charge in [-0.15, -0.1) is 0 Å².